The first-order valence-electron chi connectivity index (χ1n) is 8.89. The molecular formula is C20H22N2O5. The first-order chi connectivity index (χ1) is 13.1. The van der Waals surface area contributed by atoms with E-state index in [9.17, 15) is 4.79 Å². The van der Waals surface area contributed by atoms with Crippen LogP contribution in [0.4, 0.5) is 5.69 Å². The van der Waals surface area contributed by atoms with Crippen LogP contribution >= 0.6 is 0 Å². The third-order valence-electron chi connectivity index (χ3n) is 4.72. The molecule has 2 aliphatic heterocycles. The topological polar surface area (TPSA) is 69.3 Å². The van der Waals surface area contributed by atoms with E-state index in [0.717, 1.165) is 17.1 Å². The fraction of sp³-hybridized carbons (Fsp3) is 0.350. The van der Waals surface area contributed by atoms with Crippen molar-refractivity contribution >= 4 is 11.6 Å². The highest BCUT2D eigenvalue weighted by Crippen LogP contribution is 2.34. The normalized spacial score (nSPS) is 15.5. The molecular weight excluding hydrogens is 348 g/mol. The minimum atomic E-state index is -0.316. The molecule has 2 aromatic rings. The molecule has 2 aromatic carbocycles. The van der Waals surface area contributed by atoms with Crippen molar-refractivity contribution in [1.29, 1.82) is 0 Å². The van der Waals surface area contributed by atoms with Crippen molar-refractivity contribution in [3.05, 3.63) is 42.0 Å². The van der Waals surface area contributed by atoms with Gasteiger partial charge in [0.2, 0.25) is 12.7 Å². The van der Waals surface area contributed by atoms with Crippen molar-refractivity contribution in [2.75, 3.05) is 32.4 Å². The van der Waals surface area contributed by atoms with Crippen LogP contribution < -0.4 is 24.3 Å². The number of carbonyl (C=O) groups excluding carboxylic acids is 1. The van der Waals surface area contributed by atoms with E-state index in [2.05, 4.69) is 5.32 Å². The highest BCUT2D eigenvalue weighted by molar-refractivity contribution is 5.94. The molecule has 0 aromatic heterocycles. The van der Waals surface area contributed by atoms with E-state index in [0.29, 0.717) is 36.9 Å². The Labute approximate surface area is 157 Å². The smallest absolute Gasteiger partial charge is 0.241 e. The van der Waals surface area contributed by atoms with Gasteiger partial charge in [0.05, 0.1) is 6.04 Å². The summed E-state index contributed by atoms with van der Waals surface area (Å²) in [6.07, 6.45) is 0. The lowest BCUT2D eigenvalue weighted by atomic mass is 10.1. The summed E-state index contributed by atoms with van der Waals surface area (Å²) in [5.74, 6) is 2.77. The molecule has 1 atom stereocenters. The predicted molar refractivity (Wildman–Crippen MR) is 99.6 cm³/mol. The Morgan fingerprint density at radius 2 is 1.67 bits per heavy atom. The van der Waals surface area contributed by atoms with E-state index in [1.807, 2.05) is 49.2 Å². The number of anilines is 1. The van der Waals surface area contributed by atoms with Crippen molar-refractivity contribution in [2.45, 2.75) is 19.5 Å². The van der Waals surface area contributed by atoms with Crippen LogP contribution in [0.3, 0.4) is 0 Å². The van der Waals surface area contributed by atoms with Crippen molar-refractivity contribution < 1.29 is 23.7 Å². The van der Waals surface area contributed by atoms with Gasteiger partial charge in [0.1, 0.15) is 13.2 Å². The molecule has 27 heavy (non-hydrogen) atoms. The fourth-order valence-corrected chi connectivity index (χ4v) is 3.03. The third kappa shape index (κ3) is 3.78. The largest absolute Gasteiger partial charge is 0.486 e. The van der Waals surface area contributed by atoms with E-state index in [1.54, 1.807) is 6.07 Å². The molecule has 1 N–H and O–H groups in total. The summed E-state index contributed by atoms with van der Waals surface area (Å²) >= 11 is 0. The second kappa shape index (κ2) is 7.36. The van der Waals surface area contributed by atoms with Gasteiger partial charge in [0.15, 0.2) is 23.0 Å². The Morgan fingerprint density at radius 1 is 1.00 bits per heavy atom. The summed E-state index contributed by atoms with van der Waals surface area (Å²) in [4.78, 5) is 14.6. The summed E-state index contributed by atoms with van der Waals surface area (Å²) in [6, 6.07) is 10.9. The third-order valence-corrected chi connectivity index (χ3v) is 4.72. The van der Waals surface area contributed by atoms with Gasteiger partial charge in [-0.25, -0.2) is 0 Å². The maximum atomic E-state index is 12.6. The van der Waals surface area contributed by atoms with Gasteiger partial charge < -0.3 is 24.3 Å². The van der Waals surface area contributed by atoms with Crippen LogP contribution in [0.1, 0.15) is 12.5 Å². The van der Waals surface area contributed by atoms with E-state index < -0.39 is 0 Å². The zero-order chi connectivity index (χ0) is 18.8. The van der Waals surface area contributed by atoms with Gasteiger partial charge in [0, 0.05) is 18.3 Å². The first-order valence-corrected chi connectivity index (χ1v) is 8.89. The van der Waals surface area contributed by atoms with Crippen LogP contribution in [-0.2, 0) is 11.3 Å². The maximum Gasteiger partial charge on any atom is 0.241 e. The van der Waals surface area contributed by atoms with Crippen LogP contribution in [-0.4, -0.2) is 43.9 Å². The number of hydrogen-bond acceptors (Lipinski definition) is 6. The molecule has 4 rings (SSSR count). The first kappa shape index (κ1) is 17.5. The van der Waals surface area contributed by atoms with E-state index in [-0.39, 0.29) is 18.7 Å². The molecule has 1 amide bonds. The zero-order valence-corrected chi connectivity index (χ0v) is 15.4. The second-order valence-corrected chi connectivity index (χ2v) is 6.63. The minimum absolute atomic E-state index is 0.0880. The van der Waals surface area contributed by atoms with Gasteiger partial charge in [-0.1, -0.05) is 6.07 Å². The number of hydrogen-bond donors (Lipinski definition) is 1. The molecule has 0 saturated carbocycles. The average molecular weight is 370 g/mol. The molecule has 2 aliphatic rings. The predicted octanol–water partition coefficient (Wildman–Crippen LogP) is 2.65. The number of nitrogens with zero attached hydrogens (tertiary/aromatic N) is 1. The molecule has 0 fully saturated rings. The minimum Gasteiger partial charge on any atom is -0.486 e. The summed E-state index contributed by atoms with van der Waals surface area (Å²) in [7, 11) is 1.92. The fourth-order valence-electron chi connectivity index (χ4n) is 3.03. The van der Waals surface area contributed by atoms with Crippen molar-refractivity contribution in [2.24, 2.45) is 0 Å². The summed E-state index contributed by atoms with van der Waals surface area (Å²) < 4.78 is 21.8. The number of benzene rings is 2. The summed E-state index contributed by atoms with van der Waals surface area (Å²) in [6.45, 7) is 3.80. The zero-order valence-electron chi connectivity index (χ0n) is 15.4. The molecule has 2 heterocycles. The number of fused-ring (bicyclic) bond motifs is 2. The number of rotatable bonds is 5. The van der Waals surface area contributed by atoms with Crippen molar-refractivity contribution in [1.82, 2.24) is 4.90 Å². The highest BCUT2D eigenvalue weighted by atomic mass is 16.7. The second-order valence-electron chi connectivity index (χ2n) is 6.63. The van der Waals surface area contributed by atoms with Crippen LogP contribution in [0, 0.1) is 0 Å². The maximum absolute atomic E-state index is 12.6. The lowest BCUT2D eigenvalue weighted by molar-refractivity contribution is -0.120. The lowest BCUT2D eigenvalue weighted by Gasteiger charge is -2.24. The Balaban J connectivity index is 1.38. The van der Waals surface area contributed by atoms with E-state index in [1.165, 1.54) is 0 Å². The SMILES string of the molecule is C[C@H](C(=O)Nc1ccc2c(c1)OCCO2)N(C)Cc1ccc2c(c1)OCO2. The standard InChI is InChI=1S/C20H22N2O5/c1-13(22(2)11-14-3-5-17-18(9-14)27-12-26-17)20(23)21-15-4-6-16-19(10-15)25-8-7-24-16/h3-6,9-10,13H,7-8,11-12H2,1-2H3,(H,21,23)/t13-/m1/s1. The van der Waals surface area contributed by atoms with Crippen LogP contribution in [0.2, 0.25) is 0 Å². The Hall–Kier alpha value is -2.93. The number of ether oxygens (including phenoxy) is 4. The van der Waals surface area contributed by atoms with Crippen molar-refractivity contribution in [3.63, 3.8) is 0 Å². The van der Waals surface area contributed by atoms with Gasteiger partial charge in [-0.2, -0.15) is 0 Å². The average Bonchev–Trinajstić information content (AvgIpc) is 3.15. The molecule has 7 nitrogen and oxygen atoms in total. The Kier molecular flexibility index (Phi) is 4.77. The summed E-state index contributed by atoms with van der Waals surface area (Å²) in [5.41, 5.74) is 1.74. The quantitative estimate of drug-likeness (QED) is 0.873. The molecule has 0 saturated heterocycles. The number of nitrogens with one attached hydrogen (secondary N) is 1. The van der Waals surface area contributed by atoms with Gasteiger partial charge in [0.25, 0.3) is 0 Å². The van der Waals surface area contributed by atoms with Crippen molar-refractivity contribution in [3.8, 4) is 23.0 Å². The molecule has 0 radical (unpaired) electrons. The molecule has 142 valence electrons. The van der Waals surface area contributed by atoms with Gasteiger partial charge in [-0.15, -0.1) is 0 Å². The van der Waals surface area contributed by atoms with Crippen LogP contribution in [0.5, 0.6) is 23.0 Å². The summed E-state index contributed by atoms with van der Waals surface area (Å²) in [5, 5.41) is 2.94. The molecule has 7 heteroatoms. The van der Waals surface area contributed by atoms with E-state index in [4.69, 9.17) is 18.9 Å². The monoisotopic (exact) mass is 370 g/mol. The molecule has 0 aliphatic carbocycles. The van der Waals surface area contributed by atoms with Crippen LogP contribution in [0.15, 0.2) is 36.4 Å². The van der Waals surface area contributed by atoms with Gasteiger partial charge in [-0.05, 0) is 43.8 Å². The lowest BCUT2D eigenvalue weighted by Crippen LogP contribution is -2.39. The number of carbonyl (C=O) groups is 1. The van der Waals surface area contributed by atoms with Gasteiger partial charge in [-0.3, -0.25) is 9.69 Å². The Bertz CT molecular complexity index is 854. The highest BCUT2D eigenvalue weighted by Gasteiger charge is 2.21. The molecule has 0 bridgehead atoms. The Morgan fingerprint density at radius 3 is 2.52 bits per heavy atom. The number of likely N-dealkylation sites (N-methyl/N-ethyl adjacent to an activating group) is 1. The molecule has 0 unspecified atom stereocenters. The van der Waals surface area contributed by atoms with Crippen LogP contribution in [0.25, 0.3) is 0 Å². The van der Waals surface area contributed by atoms with E-state index >= 15 is 0 Å². The molecule has 0 spiro atoms. The number of amides is 1. The van der Waals surface area contributed by atoms with Gasteiger partial charge >= 0.3 is 0 Å².